The van der Waals surface area contributed by atoms with E-state index in [0.717, 1.165) is 51.4 Å². The van der Waals surface area contributed by atoms with Gasteiger partial charge in [-0.05, 0) is 44.9 Å². The van der Waals surface area contributed by atoms with Gasteiger partial charge < -0.3 is 27.9 Å². The van der Waals surface area contributed by atoms with Crippen molar-refractivity contribution in [2.75, 3.05) is 47.5 Å². The highest BCUT2D eigenvalue weighted by molar-refractivity contribution is 7.45. The average Bonchev–Trinajstić information content (AvgIpc) is 3.43. The number of esters is 2. The topological polar surface area (TPSA) is 111 Å². The van der Waals surface area contributed by atoms with Crippen LogP contribution in [0.1, 0.15) is 367 Å². The number of carbonyl (C=O) groups excluding carboxylic acids is 2. The first-order chi connectivity index (χ1) is 39.5. The van der Waals surface area contributed by atoms with Gasteiger partial charge in [0.05, 0.1) is 27.7 Å². The van der Waals surface area contributed by atoms with Crippen molar-refractivity contribution >= 4 is 19.8 Å². The van der Waals surface area contributed by atoms with Crippen LogP contribution in [0.5, 0.6) is 0 Å². The van der Waals surface area contributed by atoms with Crippen LogP contribution >= 0.6 is 7.82 Å². The molecule has 0 saturated carbocycles. The van der Waals surface area contributed by atoms with Crippen molar-refractivity contribution in [2.45, 2.75) is 373 Å². The van der Waals surface area contributed by atoms with Gasteiger partial charge in [-0.1, -0.05) is 334 Å². The lowest BCUT2D eigenvalue weighted by atomic mass is 10.0. The number of likely N-dealkylation sites (N-methyl/N-ethyl adjacent to an activating group) is 1. The minimum atomic E-state index is -4.64. The molecule has 0 aromatic carbocycles. The second kappa shape index (κ2) is 63.0. The van der Waals surface area contributed by atoms with Gasteiger partial charge in [0.2, 0.25) is 0 Å². The van der Waals surface area contributed by atoms with Crippen molar-refractivity contribution in [3.8, 4) is 0 Å². The lowest BCUT2D eigenvalue weighted by molar-refractivity contribution is -0.870. The Hall–Kier alpha value is -1.51. The van der Waals surface area contributed by atoms with Crippen LogP contribution < -0.4 is 4.89 Å². The van der Waals surface area contributed by atoms with Gasteiger partial charge in [-0.25, -0.2) is 0 Å². The van der Waals surface area contributed by atoms with Gasteiger partial charge in [0.1, 0.15) is 19.8 Å². The Kier molecular flexibility index (Phi) is 61.8. The summed E-state index contributed by atoms with van der Waals surface area (Å²) in [6, 6.07) is 0. The van der Waals surface area contributed by atoms with Gasteiger partial charge in [-0.15, -0.1) is 0 Å². The van der Waals surface area contributed by atoms with Crippen molar-refractivity contribution in [3.05, 3.63) is 24.3 Å². The first-order valence-electron chi connectivity index (χ1n) is 35.5. The van der Waals surface area contributed by atoms with Crippen LogP contribution in [0.2, 0.25) is 0 Å². The van der Waals surface area contributed by atoms with Crippen LogP contribution in [0.25, 0.3) is 0 Å². The van der Waals surface area contributed by atoms with E-state index in [4.69, 9.17) is 18.5 Å². The molecule has 9 nitrogen and oxygen atoms in total. The number of phosphoric ester groups is 1. The monoisotopic (exact) mass is 1160 g/mol. The molecule has 0 spiro atoms. The lowest BCUT2D eigenvalue weighted by Gasteiger charge is -2.28. The van der Waals surface area contributed by atoms with Crippen molar-refractivity contribution < 1.29 is 42.1 Å². The smallest absolute Gasteiger partial charge is 0.306 e. The van der Waals surface area contributed by atoms with E-state index in [9.17, 15) is 19.0 Å². The van der Waals surface area contributed by atoms with Gasteiger partial charge in [0.15, 0.2) is 6.10 Å². The second-order valence-electron chi connectivity index (χ2n) is 25.6. The average molecular weight is 1160 g/mol. The second-order valence-corrected chi connectivity index (χ2v) is 27.0. The molecule has 0 aromatic rings. The van der Waals surface area contributed by atoms with E-state index in [1.807, 2.05) is 21.1 Å². The summed E-state index contributed by atoms with van der Waals surface area (Å²) in [6.45, 7) is 4.26. The summed E-state index contributed by atoms with van der Waals surface area (Å²) < 4.78 is 34.2. The largest absolute Gasteiger partial charge is 0.756 e. The van der Waals surface area contributed by atoms with Crippen molar-refractivity contribution in [2.24, 2.45) is 0 Å². The Labute approximate surface area is 504 Å². The zero-order chi connectivity index (χ0) is 59.1. The Morgan fingerprint density at radius 2 is 0.667 bits per heavy atom. The molecule has 0 heterocycles. The number of allylic oxidation sites excluding steroid dienone is 4. The van der Waals surface area contributed by atoms with E-state index in [0.29, 0.717) is 17.4 Å². The molecule has 0 radical (unpaired) electrons. The molecule has 0 saturated heterocycles. The van der Waals surface area contributed by atoms with E-state index in [2.05, 4.69) is 38.2 Å². The number of hydrogen-bond acceptors (Lipinski definition) is 8. The number of quaternary nitrogens is 1. The molecule has 0 aromatic heterocycles. The van der Waals surface area contributed by atoms with Crippen molar-refractivity contribution in [3.63, 3.8) is 0 Å². The Bertz CT molecular complexity index is 1420. The number of carbonyl (C=O) groups is 2. The maximum Gasteiger partial charge on any atom is 0.306 e. The molecule has 0 N–H and O–H groups in total. The molecule has 81 heavy (non-hydrogen) atoms. The normalized spacial score (nSPS) is 13.2. The standard InChI is InChI=1S/C71H138NO8P/c1-6-8-10-12-14-16-18-20-22-24-25-26-27-28-29-30-31-32-33-34-35-36-37-38-39-40-41-42-43-44-45-46-48-49-51-53-55-57-59-61-63-70(73)77-67-69(68-79-81(75,76)78-66-65-72(3,4)5)80-71(74)64-62-60-58-56-54-52-50-47-23-21-19-17-15-13-11-9-7-2/h15,17,21,23,69H,6-14,16,18-20,22,24-68H2,1-5H3/b17-15-,23-21-. The first-order valence-corrected chi connectivity index (χ1v) is 37.0. The number of ether oxygens (including phenoxy) is 2. The molecule has 0 amide bonds. The Morgan fingerprint density at radius 1 is 0.383 bits per heavy atom. The molecule has 0 aliphatic carbocycles. The fourth-order valence-electron chi connectivity index (χ4n) is 10.8. The van der Waals surface area contributed by atoms with E-state index >= 15 is 0 Å². The van der Waals surface area contributed by atoms with Crippen LogP contribution in [0.3, 0.4) is 0 Å². The molecule has 2 atom stereocenters. The number of nitrogens with zero attached hydrogens (tertiary/aromatic N) is 1. The molecule has 0 aliphatic rings. The summed E-state index contributed by atoms with van der Waals surface area (Å²) in [7, 11) is 1.18. The first kappa shape index (κ1) is 79.5. The maximum atomic E-state index is 12.8. The van der Waals surface area contributed by atoms with E-state index < -0.39 is 26.5 Å². The minimum Gasteiger partial charge on any atom is -0.756 e. The van der Waals surface area contributed by atoms with Crippen LogP contribution in [-0.2, 0) is 32.7 Å². The number of rotatable bonds is 67. The third-order valence-electron chi connectivity index (χ3n) is 16.2. The summed E-state index contributed by atoms with van der Waals surface area (Å²) in [5.41, 5.74) is 0. The highest BCUT2D eigenvalue weighted by atomic mass is 31.2. The van der Waals surface area contributed by atoms with Crippen LogP contribution in [-0.4, -0.2) is 70.0 Å². The minimum absolute atomic E-state index is 0.0301. The Morgan fingerprint density at radius 3 is 1.00 bits per heavy atom. The van der Waals surface area contributed by atoms with Gasteiger partial charge >= 0.3 is 11.9 Å². The van der Waals surface area contributed by atoms with Gasteiger partial charge in [0.25, 0.3) is 7.82 Å². The van der Waals surface area contributed by atoms with Crippen molar-refractivity contribution in [1.29, 1.82) is 0 Å². The quantitative estimate of drug-likeness (QED) is 0.0195. The molecule has 2 unspecified atom stereocenters. The SMILES string of the molecule is CCCCC/C=C\C/C=C\CCCCCCCCCC(=O)OC(COC(=O)CCCCCCCCCCCCCCCCCCCCCCCCCCCCCCCCCCCCCCCCCC)COP(=O)([O-])OCC[N+](C)(C)C. The van der Waals surface area contributed by atoms with Crippen LogP contribution in [0.15, 0.2) is 24.3 Å². The van der Waals surface area contributed by atoms with Gasteiger partial charge in [-0.3, -0.25) is 14.2 Å². The molecular weight excluding hydrogens is 1030 g/mol. The summed E-state index contributed by atoms with van der Waals surface area (Å²) >= 11 is 0. The molecule has 0 rings (SSSR count). The maximum absolute atomic E-state index is 12.8. The summed E-state index contributed by atoms with van der Waals surface area (Å²) in [4.78, 5) is 37.9. The number of phosphoric acid groups is 1. The van der Waals surface area contributed by atoms with E-state index in [1.165, 1.54) is 283 Å². The molecule has 10 heteroatoms. The number of hydrogen-bond donors (Lipinski definition) is 0. The molecule has 0 bridgehead atoms. The number of unbranched alkanes of at least 4 members (excludes halogenated alkanes) is 49. The van der Waals surface area contributed by atoms with Crippen LogP contribution in [0.4, 0.5) is 0 Å². The Balaban J connectivity index is 3.83. The summed E-state index contributed by atoms with van der Waals surface area (Å²) in [5.74, 6) is -0.824. The van der Waals surface area contributed by atoms with E-state index in [1.54, 1.807) is 0 Å². The van der Waals surface area contributed by atoms with Crippen LogP contribution in [0, 0.1) is 0 Å². The van der Waals surface area contributed by atoms with Crippen molar-refractivity contribution in [1.82, 2.24) is 0 Å². The summed E-state index contributed by atoms with van der Waals surface area (Å²) in [5, 5.41) is 0. The molecular formula is C71H138NO8P. The lowest BCUT2D eigenvalue weighted by Crippen LogP contribution is -2.37. The fourth-order valence-corrected chi connectivity index (χ4v) is 11.5. The zero-order valence-corrected chi connectivity index (χ0v) is 55.7. The third-order valence-corrected chi connectivity index (χ3v) is 17.2. The highest BCUT2D eigenvalue weighted by Crippen LogP contribution is 2.38. The van der Waals surface area contributed by atoms with Gasteiger partial charge in [-0.2, -0.15) is 0 Å². The molecule has 0 fully saturated rings. The predicted octanol–water partition coefficient (Wildman–Crippen LogP) is 22.3. The molecule has 0 aliphatic heterocycles. The fraction of sp³-hybridized carbons (Fsp3) is 0.915. The molecule has 480 valence electrons. The zero-order valence-electron chi connectivity index (χ0n) is 54.8. The van der Waals surface area contributed by atoms with Gasteiger partial charge in [0, 0.05) is 12.8 Å². The highest BCUT2D eigenvalue weighted by Gasteiger charge is 2.22. The predicted molar refractivity (Wildman–Crippen MR) is 347 cm³/mol. The van der Waals surface area contributed by atoms with E-state index in [-0.39, 0.29) is 32.0 Å². The third kappa shape index (κ3) is 67.5. The summed E-state index contributed by atoms with van der Waals surface area (Å²) in [6.07, 6.45) is 78.7.